The summed E-state index contributed by atoms with van der Waals surface area (Å²) < 4.78 is 0. The van der Waals surface area contributed by atoms with Crippen LogP contribution in [0.5, 0.6) is 0 Å². The Balaban J connectivity index is 2.29. The molecule has 2 atom stereocenters. The Bertz CT molecular complexity index is 296. The van der Waals surface area contributed by atoms with Crippen molar-refractivity contribution >= 4 is 12.0 Å². The molecular formula is C12H23N3O3. The molecule has 0 spiro atoms. The fraction of sp³-hybridized carbons (Fsp3) is 0.833. The highest BCUT2D eigenvalue weighted by molar-refractivity contribution is 5.82. The number of rotatable bonds is 5. The van der Waals surface area contributed by atoms with Crippen LogP contribution in [0.25, 0.3) is 0 Å². The predicted molar refractivity (Wildman–Crippen MR) is 68.5 cm³/mol. The Morgan fingerprint density at radius 1 is 1.44 bits per heavy atom. The quantitative estimate of drug-likeness (QED) is 0.675. The summed E-state index contributed by atoms with van der Waals surface area (Å²) in [5.41, 5.74) is 0. The van der Waals surface area contributed by atoms with E-state index in [0.29, 0.717) is 19.0 Å². The topological polar surface area (TPSA) is 81.7 Å². The second kappa shape index (κ2) is 7.20. The molecular weight excluding hydrogens is 234 g/mol. The van der Waals surface area contributed by atoms with Crippen molar-refractivity contribution in [3.8, 4) is 0 Å². The van der Waals surface area contributed by atoms with Gasteiger partial charge in [0, 0.05) is 12.6 Å². The second-order valence-electron chi connectivity index (χ2n) is 4.78. The maximum atomic E-state index is 11.6. The van der Waals surface area contributed by atoms with E-state index < -0.39 is 18.0 Å². The van der Waals surface area contributed by atoms with Crippen molar-refractivity contribution in [2.45, 2.75) is 44.7 Å². The summed E-state index contributed by atoms with van der Waals surface area (Å²) in [6.07, 6.45) is 3.85. The molecule has 6 nitrogen and oxygen atoms in total. The van der Waals surface area contributed by atoms with Crippen LogP contribution in [-0.4, -0.2) is 54.2 Å². The van der Waals surface area contributed by atoms with Gasteiger partial charge in [0.2, 0.25) is 0 Å². The van der Waals surface area contributed by atoms with E-state index in [2.05, 4.69) is 22.6 Å². The minimum atomic E-state index is -0.998. The normalized spacial score (nSPS) is 22.2. The van der Waals surface area contributed by atoms with Gasteiger partial charge in [0.25, 0.3) is 0 Å². The number of piperidine rings is 1. The standard InChI is InChI=1S/C12H23N3O3/c1-3-10(11(16)17)14-12(18)13-8-9-6-4-5-7-15(9)2/h9-10H,3-8H2,1-2H3,(H,16,17)(H2,13,14,18)/t9?,10-/m1/s1. The first-order valence-electron chi connectivity index (χ1n) is 6.52. The van der Waals surface area contributed by atoms with E-state index in [4.69, 9.17) is 5.11 Å². The molecule has 6 heteroatoms. The lowest BCUT2D eigenvalue weighted by Gasteiger charge is -2.32. The molecule has 0 saturated carbocycles. The Morgan fingerprint density at radius 3 is 2.72 bits per heavy atom. The highest BCUT2D eigenvalue weighted by atomic mass is 16.4. The molecule has 0 aliphatic carbocycles. The summed E-state index contributed by atoms with van der Waals surface area (Å²) in [6, 6.07) is -0.855. The Labute approximate surface area is 108 Å². The smallest absolute Gasteiger partial charge is 0.326 e. The van der Waals surface area contributed by atoms with Gasteiger partial charge in [0.1, 0.15) is 6.04 Å². The van der Waals surface area contributed by atoms with E-state index in [0.717, 1.165) is 13.0 Å². The van der Waals surface area contributed by atoms with Crippen LogP contribution in [0.1, 0.15) is 32.6 Å². The molecule has 1 unspecified atom stereocenters. The van der Waals surface area contributed by atoms with Gasteiger partial charge in [-0.25, -0.2) is 9.59 Å². The van der Waals surface area contributed by atoms with E-state index in [1.54, 1.807) is 6.92 Å². The number of carbonyl (C=O) groups excluding carboxylic acids is 1. The fourth-order valence-electron chi connectivity index (χ4n) is 2.16. The number of aliphatic carboxylic acids is 1. The van der Waals surface area contributed by atoms with Crippen LogP contribution < -0.4 is 10.6 Å². The first kappa shape index (κ1) is 14.8. The van der Waals surface area contributed by atoms with Crippen molar-refractivity contribution in [1.82, 2.24) is 15.5 Å². The van der Waals surface area contributed by atoms with Crippen molar-refractivity contribution in [3.63, 3.8) is 0 Å². The Kier molecular flexibility index (Phi) is 5.91. The molecule has 0 aromatic carbocycles. The van der Waals surface area contributed by atoms with Gasteiger partial charge in [-0.05, 0) is 32.9 Å². The van der Waals surface area contributed by atoms with Crippen LogP contribution >= 0.6 is 0 Å². The van der Waals surface area contributed by atoms with Gasteiger partial charge in [0.05, 0.1) is 0 Å². The van der Waals surface area contributed by atoms with Gasteiger partial charge in [0.15, 0.2) is 0 Å². The molecule has 1 rings (SSSR count). The highest BCUT2D eigenvalue weighted by Crippen LogP contribution is 2.13. The van der Waals surface area contributed by atoms with Crippen LogP contribution in [0.2, 0.25) is 0 Å². The van der Waals surface area contributed by atoms with Gasteiger partial charge < -0.3 is 20.6 Å². The number of carboxylic acid groups (broad SMARTS) is 1. The predicted octanol–water partition coefficient (Wildman–Crippen LogP) is 0.633. The van der Waals surface area contributed by atoms with Crippen LogP contribution in [0.15, 0.2) is 0 Å². The molecule has 1 heterocycles. The molecule has 0 aromatic heterocycles. The summed E-state index contributed by atoms with van der Waals surface area (Å²) in [4.78, 5) is 24.6. The molecule has 1 fully saturated rings. The maximum Gasteiger partial charge on any atom is 0.326 e. The molecule has 0 aromatic rings. The molecule has 2 amide bonds. The first-order chi connectivity index (χ1) is 8.54. The number of carboxylic acids is 1. The third kappa shape index (κ3) is 4.52. The largest absolute Gasteiger partial charge is 0.480 e. The summed E-state index contributed by atoms with van der Waals surface area (Å²) >= 11 is 0. The van der Waals surface area contributed by atoms with Gasteiger partial charge >= 0.3 is 12.0 Å². The fourth-order valence-corrected chi connectivity index (χ4v) is 2.16. The van der Waals surface area contributed by atoms with Crippen molar-refractivity contribution in [1.29, 1.82) is 0 Å². The number of likely N-dealkylation sites (N-methyl/N-ethyl adjacent to an activating group) is 1. The number of nitrogens with one attached hydrogen (secondary N) is 2. The summed E-state index contributed by atoms with van der Waals surface area (Å²) in [5, 5.41) is 14.0. The van der Waals surface area contributed by atoms with Crippen LogP contribution in [0, 0.1) is 0 Å². The average Bonchev–Trinajstić information content (AvgIpc) is 2.34. The van der Waals surface area contributed by atoms with Crippen molar-refractivity contribution in [2.24, 2.45) is 0 Å². The number of likely N-dealkylation sites (tertiary alicyclic amines) is 1. The molecule has 0 radical (unpaired) electrons. The summed E-state index contributed by atoms with van der Waals surface area (Å²) in [5.74, 6) is -0.998. The van der Waals surface area contributed by atoms with E-state index in [-0.39, 0.29) is 0 Å². The highest BCUT2D eigenvalue weighted by Gasteiger charge is 2.21. The first-order valence-corrected chi connectivity index (χ1v) is 6.52. The minimum absolute atomic E-state index is 0.356. The van der Waals surface area contributed by atoms with E-state index >= 15 is 0 Å². The Morgan fingerprint density at radius 2 is 2.17 bits per heavy atom. The van der Waals surface area contributed by atoms with Crippen LogP contribution in [0.4, 0.5) is 4.79 Å². The number of nitrogens with zero attached hydrogens (tertiary/aromatic N) is 1. The summed E-state index contributed by atoms with van der Waals surface area (Å²) in [6.45, 7) is 3.35. The monoisotopic (exact) mass is 257 g/mol. The van der Waals surface area contributed by atoms with E-state index in [1.165, 1.54) is 12.8 Å². The zero-order valence-corrected chi connectivity index (χ0v) is 11.1. The minimum Gasteiger partial charge on any atom is -0.480 e. The number of amides is 2. The average molecular weight is 257 g/mol. The maximum absolute atomic E-state index is 11.6. The van der Waals surface area contributed by atoms with Crippen molar-refractivity contribution < 1.29 is 14.7 Å². The van der Waals surface area contributed by atoms with Crippen LogP contribution in [0.3, 0.4) is 0 Å². The lowest BCUT2D eigenvalue weighted by Crippen LogP contribution is -2.50. The number of hydrogen-bond donors (Lipinski definition) is 3. The van der Waals surface area contributed by atoms with Crippen LogP contribution in [-0.2, 0) is 4.79 Å². The van der Waals surface area contributed by atoms with Gasteiger partial charge in [-0.15, -0.1) is 0 Å². The van der Waals surface area contributed by atoms with Gasteiger partial charge in [-0.2, -0.15) is 0 Å². The zero-order chi connectivity index (χ0) is 13.5. The number of carbonyl (C=O) groups is 2. The van der Waals surface area contributed by atoms with Gasteiger partial charge in [-0.3, -0.25) is 0 Å². The van der Waals surface area contributed by atoms with Gasteiger partial charge in [-0.1, -0.05) is 13.3 Å². The lowest BCUT2D eigenvalue weighted by molar-refractivity contribution is -0.139. The Hall–Kier alpha value is -1.30. The van der Waals surface area contributed by atoms with E-state index in [9.17, 15) is 9.59 Å². The molecule has 1 saturated heterocycles. The number of urea groups is 1. The molecule has 18 heavy (non-hydrogen) atoms. The molecule has 104 valence electrons. The molecule has 0 bridgehead atoms. The lowest BCUT2D eigenvalue weighted by atomic mass is 10.0. The van der Waals surface area contributed by atoms with Crippen molar-refractivity contribution in [3.05, 3.63) is 0 Å². The summed E-state index contributed by atoms with van der Waals surface area (Å²) in [7, 11) is 2.05. The SMILES string of the molecule is CC[C@@H](NC(=O)NCC1CCCCN1C)C(=O)O. The molecule has 3 N–H and O–H groups in total. The second-order valence-corrected chi connectivity index (χ2v) is 4.78. The zero-order valence-electron chi connectivity index (χ0n) is 11.1. The molecule has 1 aliphatic heterocycles. The third-order valence-electron chi connectivity index (χ3n) is 3.43. The third-order valence-corrected chi connectivity index (χ3v) is 3.43. The molecule has 1 aliphatic rings. The van der Waals surface area contributed by atoms with E-state index in [1.807, 2.05) is 0 Å². The van der Waals surface area contributed by atoms with Crippen molar-refractivity contribution in [2.75, 3.05) is 20.1 Å². The number of hydrogen-bond acceptors (Lipinski definition) is 3.